The van der Waals surface area contributed by atoms with Crippen LogP contribution in [0.25, 0.3) is 0 Å². The molecule has 8 nitrogen and oxygen atoms in total. The number of carbonyl (C=O) groups is 2. The van der Waals surface area contributed by atoms with Gasteiger partial charge >= 0.3 is 16.8 Å². The van der Waals surface area contributed by atoms with Crippen LogP contribution in [0.5, 0.6) is 0 Å². The molecule has 0 aromatic carbocycles. The number of ketones is 2. The van der Waals surface area contributed by atoms with Crippen LogP contribution in [0.4, 0.5) is 0 Å². The summed E-state index contributed by atoms with van der Waals surface area (Å²) < 4.78 is 1.82. The summed E-state index contributed by atoms with van der Waals surface area (Å²) in [6.07, 6.45) is 11.8. The fourth-order valence-corrected chi connectivity index (χ4v) is 1.61. The second-order valence-corrected chi connectivity index (χ2v) is 6.68. The van der Waals surface area contributed by atoms with Crippen LogP contribution in [-0.4, -0.2) is 31.5 Å². The maximum atomic E-state index is 9.98. The number of hydrogen-bond donors (Lipinski definition) is 0. The number of nitrogens with zero attached hydrogens (tertiary/aromatic N) is 4. The van der Waals surface area contributed by atoms with Crippen molar-refractivity contribution in [2.75, 3.05) is 0 Å². The molecule has 0 aliphatic rings. The van der Waals surface area contributed by atoms with Crippen molar-refractivity contribution in [3.8, 4) is 0 Å². The van der Waals surface area contributed by atoms with E-state index in [1.165, 1.54) is 40.3 Å². The van der Waals surface area contributed by atoms with Crippen molar-refractivity contribution in [1.82, 2.24) is 19.9 Å². The summed E-state index contributed by atoms with van der Waals surface area (Å²) in [6, 6.07) is 0. The second-order valence-electron chi connectivity index (χ2n) is 4.84. The molecule has 0 amide bonds. The summed E-state index contributed by atoms with van der Waals surface area (Å²) in [6.45, 7) is 5.39. The molecule has 159 valence electrons. The Morgan fingerprint density at radius 3 is 1.03 bits per heavy atom. The quantitative estimate of drug-likeness (QED) is 0.394. The van der Waals surface area contributed by atoms with Gasteiger partial charge in [-0.2, -0.15) is 0 Å². The van der Waals surface area contributed by atoms with E-state index in [1.54, 1.807) is 24.8 Å². The standard InChI is InChI=1S/2C5H8O2.2C4H3BrN2.Co/c2*1-4(6)3-5(2)7;2*5-4-1-6-3-7-2-4;/h2*3,6H,1-2H3;2*1-3H;/q;;;;+2/p-2/b2*4-3-;;;. The summed E-state index contributed by atoms with van der Waals surface area (Å²) in [5.41, 5.74) is 0. The summed E-state index contributed by atoms with van der Waals surface area (Å²) in [5, 5.41) is 20.0. The van der Waals surface area contributed by atoms with Crippen molar-refractivity contribution in [3.05, 3.63) is 70.1 Å². The normalized spacial score (nSPS) is 9.72. The van der Waals surface area contributed by atoms with E-state index in [2.05, 4.69) is 51.8 Å². The topological polar surface area (TPSA) is 132 Å². The molecular weight excluding hydrogens is 555 g/mol. The molecule has 11 heteroatoms. The molecular formula is C18H20Br2CoN4O4. The van der Waals surface area contributed by atoms with Crippen LogP contribution in [0.2, 0.25) is 0 Å². The first-order chi connectivity index (χ1) is 13.0. The van der Waals surface area contributed by atoms with Gasteiger partial charge in [-0.25, -0.2) is 19.9 Å². The Kier molecular flexibility index (Phi) is 22.7. The van der Waals surface area contributed by atoms with Gasteiger partial charge in [0.25, 0.3) is 0 Å². The third kappa shape index (κ3) is 31.0. The molecule has 0 fully saturated rings. The van der Waals surface area contributed by atoms with Crippen molar-refractivity contribution in [1.29, 1.82) is 0 Å². The van der Waals surface area contributed by atoms with Crippen LogP contribution >= 0.6 is 31.9 Å². The van der Waals surface area contributed by atoms with Gasteiger partial charge in [-0.3, -0.25) is 9.59 Å². The molecule has 2 aromatic heterocycles. The van der Waals surface area contributed by atoms with E-state index < -0.39 is 0 Å². The van der Waals surface area contributed by atoms with Crippen molar-refractivity contribution in [2.24, 2.45) is 0 Å². The van der Waals surface area contributed by atoms with Gasteiger partial charge in [0.05, 0.1) is 8.95 Å². The fraction of sp³-hybridized carbons (Fsp3) is 0.222. The van der Waals surface area contributed by atoms with Gasteiger partial charge in [0, 0.05) is 24.8 Å². The SMILES string of the molecule is Brc1cncnc1.Brc1cncnc1.CC(=O)/C=C(/C)[O-].CC(=O)/C=C(/C)[O-].[Co+2]. The Balaban J connectivity index is -0.000000307. The van der Waals surface area contributed by atoms with Gasteiger partial charge in [0.15, 0.2) is 11.6 Å². The van der Waals surface area contributed by atoms with Gasteiger partial charge in [-0.15, -0.1) is 11.5 Å². The van der Waals surface area contributed by atoms with Crippen LogP contribution in [-0.2, 0) is 26.4 Å². The van der Waals surface area contributed by atoms with E-state index >= 15 is 0 Å². The van der Waals surface area contributed by atoms with Gasteiger partial charge in [-0.05, 0) is 57.9 Å². The number of halogens is 2. The molecule has 29 heavy (non-hydrogen) atoms. The van der Waals surface area contributed by atoms with E-state index in [4.69, 9.17) is 0 Å². The van der Waals surface area contributed by atoms with Gasteiger partial charge in [0.2, 0.25) is 0 Å². The van der Waals surface area contributed by atoms with Gasteiger partial charge in [-0.1, -0.05) is 13.8 Å². The summed E-state index contributed by atoms with van der Waals surface area (Å²) in [4.78, 5) is 34.9. The smallest absolute Gasteiger partial charge is 0.876 e. The van der Waals surface area contributed by atoms with Gasteiger partial charge in [0.1, 0.15) is 12.7 Å². The van der Waals surface area contributed by atoms with E-state index in [0.717, 1.165) is 21.1 Å². The predicted octanol–water partition coefficient (Wildman–Crippen LogP) is 2.15. The Hall–Kier alpha value is -1.95. The zero-order chi connectivity index (χ0) is 21.9. The first kappa shape index (κ1) is 31.7. The number of carbonyl (C=O) groups excluding carboxylic acids is 2. The minimum absolute atomic E-state index is 0. The van der Waals surface area contributed by atoms with E-state index in [0.29, 0.717) is 0 Å². The summed E-state index contributed by atoms with van der Waals surface area (Å²) >= 11 is 6.37. The zero-order valence-electron chi connectivity index (χ0n) is 16.1. The van der Waals surface area contributed by atoms with Crippen molar-refractivity contribution in [3.63, 3.8) is 0 Å². The fourth-order valence-electron chi connectivity index (χ4n) is 1.13. The second kappa shape index (κ2) is 20.8. The number of hydrogen-bond acceptors (Lipinski definition) is 8. The minimum atomic E-state index is -0.187. The number of allylic oxidation sites excluding steroid dienone is 4. The molecule has 0 aliphatic heterocycles. The zero-order valence-corrected chi connectivity index (χ0v) is 20.3. The molecule has 0 unspecified atom stereocenters. The molecule has 1 radical (unpaired) electrons. The first-order valence-electron chi connectivity index (χ1n) is 7.57. The first-order valence-corrected chi connectivity index (χ1v) is 9.16. The van der Waals surface area contributed by atoms with Gasteiger partial charge < -0.3 is 10.2 Å². The Morgan fingerprint density at radius 2 is 0.966 bits per heavy atom. The van der Waals surface area contributed by atoms with E-state index in [9.17, 15) is 19.8 Å². The maximum absolute atomic E-state index is 9.98. The molecule has 2 aromatic rings. The molecule has 0 spiro atoms. The van der Waals surface area contributed by atoms with Crippen LogP contribution < -0.4 is 10.2 Å². The Bertz CT molecular complexity index is 687. The molecule has 0 saturated heterocycles. The molecule has 0 N–H and O–H groups in total. The van der Waals surface area contributed by atoms with Crippen molar-refractivity contribution >= 4 is 43.4 Å². The van der Waals surface area contributed by atoms with Crippen molar-refractivity contribution < 1.29 is 36.6 Å². The molecule has 2 heterocycles. The molecule has 0 aliphatic carbocycles. The van der Waals surface area contributed by atoms with E-state index in [-0.39, 0.29) is 39.9 Å². The number of rotatable bonds is 2. The van der Waals surface area contributed by atoms with Crippen LogP contribution in [0.1, 0.15) is 27.7 Å². The minimum Gasteiger partial charge on any atom is -0.876 e. The van der Waals surface area contributed by atoms with E-state index in [1.807, 2.05) is 0 Å². The Labute approximate surface area is 197 Å². The van der Waals surface area contributed by atoms with Crippen LogP contribution in [0.3, 0.4) is 0 Å². The average Bonchev–Trinajstić information content (AvgIpc) is 2.55. The maximum Gasteiger partial charge on any atom is 2.00 e. The van der Waals surface area contributed by atoms with Crippen LogP contribution in [0.15, 0.2) is 70.1 Å². The third-order valence-corrected chi connectivity index (χ3v) is 2.69. The Morgan fingerprint density at radius 1 is 0.724 bits per heavy atom. The molecule has 0 saturated carbocycles. The monoisotopic (exact) mass is 573 g/mol. The van der Waals surface area contributed by atoms with Crippen molar-refractivity contribution in [2.45, 2.75) is 27.7 Å². The predicted molar refractivity (Wildman–Crippen MR) is 108 cm³/mol. The molecule has 2 rings (SSSR count). The summed E-state index contributed by atoms with van der Waals surface area (Å²) in [5.74, 6) is -0.750. The third-order valence-electron chi connectivity index (χ3n) is 1.87. The average molecular weight is 575 g/mol. The summed E-state index contributed by atoms with van der Waals surface area (Å²) in [7, 11) is 0. The van der Waals surface area contributed by atoms with Crippen LogP contribution in [0, 0.1) is 0 Å². The molecule has 0 bridgehead atoms. The number of aromatic nitrogens is 4. The largest absolute Gasteiger partial charge is 2.00 e. The molecule has 0 atom stereocenters.